The Labute approximate surface area is 143 Å². The minimum absolute atomic E-state index is 0.206. The number of benzene rings is 1. The Bertz CT molecular complexity index is 645. The van der Waals surface area contributed by atoms with E-state index < -0.39 is 0 Å². The number of nitrogens with zero attached hydrogens (tertiary/aromatic N) is 3. The fourth-order valence-corrected chi connectivity index (χ4v) is 3.75. The third-order valence-corrected chi connectivity index (χ3v) is 5.30. The molecule has 0 unspecified atom stereocenters. The van der Waals surface area contributed by atoms with Crippen LogP contribution in [0.15, 0.2) is 36.7 Å². The van der Waals surface area contributed by atoms with E-state index in [1.54, 1.807) is 23.0 Å². The van der Waals surface area contributed by atoms with Crippen LogP contribution >= 0.6 is 0 Å². The van der Waals surface area contributed by atoms with E-state index in [-0.39, 0.29) is 11.4 Å². The van der Waals surface area contributed by atoms with Crippen molar-refractivity contribution in [3.63, 3.8) is 0 Å². The zero-order valence-corrected chi connectivity index (χ0v) is 14.6. The van der Waals surface area contributed by atoms with Crippen molar-refractivity contribution in [2.75, 3.05) is 20.6 Å². The average Bonchev–Trinajstić information content (AvgIpc) is 3.10. The Hall–Kier alpha value is -1.72. The summed E-state index contributed by atoms with van der Waals surface area (Å²) in [6, 6.07) is 6.77. The van der Waals surface area contributed by atoms with Gasteiger partial charge < -0.3 is 10.2 Å². The molecule has 1 heterocycles. The first-order valence-corrected chi connectivity index (χ1v) is 8.77. The van der Waals surface area contributed by atoms with Gasteiger partial charge in [0, 0.05) is 31.0 Å². The summed E-state index contributed by atoms with van der Waals surface area (Å²) in [7, 11) is 4.34. The van der Waals surface area contributed by atoms with Gasteiger partial charge >= 0.3 is 0 Å². The number of hydrogen-bond acceptors (Lipinski definition) is 3. The van der Waals surface area contributed by atoms with Gasteiger partial charge in [0.15, 0.2) is 0 Å². The molecule has 1 fully saturated rings. The van der Waals surface area contributed by atoms with Crippen LogP contribution in [0.2, 0.25) is 0 Å². The minimum Gasteiger partial charge on any atom is -0.311 e. The van der Waals surface area contributed by atoms with Crippen LogP contribution in [0.5, 0.6) is 0 Å². The average molecular weight is 330 g/mol. The molecule has 1 N–H and O–H groups in total. The molecule has 0 saturated heterocycles. The Kier molecular flexibility index (Phi) is 5.31. The second kappa shape index (κ2) is 7.45. The highest BCUT2D eigenvalue weighted by molar-refractivity contribution is 5.40. The number of likely N-dealkylation sites (N-methyl/N-ethyl adjacent to an activating group) is 1. The second-order valence-corrected chi connectivity index (χ2v) is 7.01. The van der Waals surface area contributed by atoms with E-state index in [4.69, 9.17) is 0 Å². The zero-order valence-electron chi connectivity index (χ0n) is 14.6. The number of aromatic nitrogens is 2. The van der Waals surface area contributed by atoms with Crippen molar-refractivity contribution in [2.45, 2.75) is 44.2 Å². The molecular formula is C19H27FN4. The molecule has 4 nitrogen and oxygen atoms in total. The van der Waals surface area contributed by atoms with E-state index in [0.717, 1.165) is 17.8 Å². The van der Waals surface area contributed by atoms with Crippen LogP contribution in [-0.2, 0) is 6.54 Å². The summed E-state index contributed by atoms with van der Waals surface area (Å²) in [6.45, 7) is 1.57. The molecule has 2 aromatic rings. The highest BCUT2D eigenvalue weighted by atomic mass is 19.1. The van der Waals surface area contributed by atoms with Gasteiger partial charge in [-0.1, -0.05) is 19.3 Å². The molecule has 5 heteroatoms. The molecule has 130 valence electrons. The lowest BCUT2D eigenvalue weighted by Crippen LogP contribution is -2.52. The maximum atomic E-state index is 13.7. The van der Waals surface area contributed by atoms with E-state index in [9.17, 15) is 4.39 Å². The third-order valence-electron chi connectivity index (χ3n) is 5.30. The topological polar surface area (TPSA) is 33.1 Å². The first-order valence-electron chi connectivity index (χ1n) is 8.77. The molecule has 1 aromatic heterocycles. The van der Waals surface area contributed by atoms with Crippen LogP contribution < -0.4 is 5.32 Å². The molecule has 0 aliphatic heterocycles. The standard InChI is InChI=1S/C19H27FN4/c1-23(2)19(9-4-3-5-10-19)15-21-14-16-13-17(20)7-8-18(16)24-12-6-11-22-24/h6-8,11-13,21H,3-5,9-10,14-15H2,1-2H3. The van der Waals surface area contributed by atoms with Gasteiger partial charge in [-0.05, 0) is 56.8 Å². The number of halogens is 1. The van der Waals surface area contributed by atoms with Crippen LogP contribution in [0.25, 0.3) is 5.69 Å². The Morgan fingerprint density at radius 1 is 1.25 bits per heavy atom. The molecule has 3 rings (SSSR count). The quantitative estimate of drug-likeness (QED) is 0.881. The summed E-state index contributed by atoms with van der Waals surface area (Å²) in [6.07, 6.45) is 9.99. The van der Waals surface area contributed by atoms with E-state index >= 15 is 0 Å². The maximum Gasteiger partial charge on any atom is 0.123 e. The number of hydrogen-bond donors (Lipinski definition) is 1. The third kappa shape index (κ3) is 3.68. The predicted octanol–water partition coefficient (Wildman–Crippen LogP) is 3.37. The Morgan fingerprint density at radius 2 is 2.04 bits per heavy atom. The van der Waals surface area contributed by atoms with Crippen molar-refractivity contribution in [3.8, 4) is 5.69 Å². The summed E-state index contributed by atoms with van der Waals surface area (Å²) >= 11 is 0. The summed E-state index contributed by atoms with van der Waals surface area (Å²) in [5.41, 5.74) is 2.08. The SMILES string of the molecule is CN(C)C1(CNCc2cc(F)ccc2-n2cccn2)CCCCC1. The van der Waals surface area contributed by atoms with Crippen LogP contribution in [0.1, 0.15) is 37.7 Å². The van der Waals surface area contributed by atoms with E-state index in [0.29, 0.717) is 6.54 Å². The van der Waals surface area contributed by atoms with Gasteiger partial charge in [0.2, 0.25) is 0 Å². The molecule has 1 saturated carbocycles. The number of rotatable bonds is 6. The van der Waals surface area contributed by atoms with Crippen LogP contribution in [-0.4, -0.2) is 40.9 Å². The molecule has 0 amide bonds. The molecule has 1 aliphatic carbocycles. The van der Waals surface area contributed by atoms with Gasteiger partial charge in [-0.3, -0.25) is 0 Å². The molecule has 0 radical (unpaired) electrons. The van der Waals surface area contributed by atoms with E-state index in [1.807, 2.05) is 12.3 Å². The van der Waals surface area contributed by atoms with Crippen molar-refractivity contribution < 1.29 is 4.39 Å². The van der Waals surface area contributed by atoms with E-state index in [1.165, 1.54) is 38.2 Å². The first kappa shape index (κ1) is 17.1. The highest BCUT2D eigenvalue weighted by Crippen LogP contribution is 2.31. The molecule has 0 atom stereocenters. The fourth-order valence-electron chi connectivity index (χ4n) is 3.75. The predicted molar refractivity (Wildman–Crippen MR) is 94.7 cm³/mol. The Morgan fingerprint density at radius 3 is 2.71 bits per heavy atom. The fraction of sp³-hybridized carbons (Fsp3) is 0.526. The van der Waals surface area contributed by atoms with Crippen molar-refractivity contribution in [1.82, 2.24) is 20.0 Å². The Balaban J connectivity index is 1.71. The lowest BCUT2D eigenvalue weighted by molar-refractivity contribution is 0.0984. The monoisotopic (exact) mass is 330 g/mol. The largest absolute Gasteiger partial charge is 0.311 e. The molecule has 24 heavy (non-hydrogen) atoms. The van der Waals surface area contributed by atoms with Crippen molar-refractivity contribution in [2.24, 2.45) is 0 Å². The summed E-state index contributed by atoms with van der Waals surface area (Å²) in [5, 5.41) is 7.85. The van der Waals surface area contributed by atoms with Crippen molar-refractivity contribution in [1.29, 1.82) is 0 Å². The minimum atomic E-state index is -0.206. The van der Waals surface area contributed by atoms with E-state index in [2.05, 4.69) is 29.4 Å². The normalized spacial score (nSPS) is 17.3. The van der Waals surface area contributed by atoms with Crippen molar-refractivity contribution >= 4 is 0 Å². The second-order valence-electron chi connectivity index (χ2n) is 7.01. The van der Waals surface area contributed by atoms with Gasteiger partial charge in [-0.25, -0.2) is 9.07 Å². The van der Waals surface area contributed by atoms with Gasteiger partial charge in [0.05, 0.1) is 5.69 Å². The van der Waals surface area contributed by atoms with Crippen LogP contribution in [0.4, 0.5) is 4.39 Å². The van der Waals surface area contributed by atoms with Gasteiger partial charge in [-0.15, -0.1) is 0 Å². The van der Waals surface area contributed by atoms with Gasteiger partial charge in [0.25, 0.3) is 0 Å². The van der Waals surface area contributed by atoms with Crippen molar-refractivity contribution in [3.05, 3.63) is 48.0 Å². The zero-order chi connectivity index (χ0) is 17.0. The summed E-state index contributed by atoms with van der Waals surface area (Å²) in [4.78, 5) is 2.36. The van der Waals surface area contributed by atoms with Crippen LogP contribution in [0, 0.1) is 5.82 Å². The molecule has 0 spiro atoms. The highest BCUT2D eigenvalue weighted by Gasteiger charge is 2.33. The molecule has 1 aromatic carbocycles. The van der Waals surface area contributed by atoms with Crippen LogP contribution in [0.3, 0.4) is 0 Å². The number of nitrogens with one attached hydrogen (secondary N) is 1. The molecule has 1 aliphatic rings. The van der Waals surface area contributed by atoms with Gasteiger partial charge in [-0.2, -0.15) is 5.10 Å². The summed E-state index contributed by atoms with van der Waals surface area (Å²) in [5.74, 6) is -0.206. The molecule has 0 bridgehead atoms. The van der Waals surface area contributed by atoms with Gasteiger partial charge in [0.1, 0.15) is 5.82 Å². The summed E-state index contributed by atoms with van der Waals surface area (Å²) < 4.78 is 15.5. The first-order chi connectivity index (χ1) is 11.6. The maximum absolute atomic E-state index is 13.7. The molecular weight excluding hydrogens is 303 g/mol. The lowest BCUT2D eigenvalue weighted by Gasteiger charge is -2.43. The smallest absolute Gasteiger partial charge is 0.123 e. The lowest BCUT2D eigenvalue weighted by atomic mass is 9.80.